The van der Waals surface area contributed by atoms with Crippen LogP contribution in [0.25, 0.3) is 11.3 Å². The Morgan fingerprint density at radius 2 is 1.69 bits per heavy atom. The molecule has 0 bridgehead atoms. The van der Waals surface area contributed by atoms with Gasteiger partial charge in [0.05, 0.1) is 5.69 Å². The van der Waals surface area contributed by atoms with Crippen LogP contribution in [-0.2, 0) is 0 Å². The maximum atomic E-state index is 13.4. The van der Waals surface area contributed by atoms with E-state index in [0.29, 0.717) is 31.7 Å². The summed E-state index contributed by atoms with van der Waals surface area (Å²) >= 11 is 0. The summed E-state index contributed by atoms with van der Waals surface area (Å²) in [6, 6.07) is 16.1. The SMILES string of the molecule is Cc1ccc(-c2ccc(N3CCN(C(=O)c4cccc(F)c4)CC3)nn2)cc1C. The highest BCUT2D eigenvalue weighted by molar-refractivity contribution is 5.94. The van der Waals surface area contributed by atoms with Gasteiger partial charge >= 0.3 is 0 Å². The smallest absolute Gasteiger partial charge is 0.254 e. The third kappa shape index (κ3) is 4.11. The lowest BCUT2D eigenvalue weighted by Gasteiger charge is -2.35. The lowest BCUT2D eigenvalue weighted by molar-refractivity contribution is 0.0746. The van der Waals surface area contributed by atoms with Gasteiger partial charge in [0.2, 0.25) is 0 Å². The molecule has 1 amide bonds. The molecule has 5 nitrogen and oxygen atoms in total. The van der Waals surface area contributed by atoms with Crippen molar-refractivity contribution in [1.29, 1.82) is 0 Å². The first-order valence-corrected chi connectivity index (χ1v) is 9.72. The van der Waals surface area contributed by atoms with Gasteiger partial charge < -0.3 is 9.80 Å². The van der Waals surface area contributed by atoms with Gasteiger partial charge in [-0.15, -0.1) is 10.2 Å². The Kier molecular flexibility index (Phi) is 5.25. The second-order valence-corrected chi connectivity index (χ2v) is 7.37. The van der Waals surface area contributed by atoms with E-state index in [1.54, 1.807) is 17.0 Å². The van der Waals surface area contributed by atoms with E-state index < -0.39 is 5.82 Å². The van der Waals surface area contributed by atoms with Crippen LogP contribution in [-0.4, -0.2) is 47.2 Å². The number of amides is 1. The van der Waals surface area contributed by atoms with Crippen LogP contribution in [0.15, 0.2) is 54.6 Å². The number of aromatic nitrogens is 2. The molecule has 0 spiro atoms. The second kappa shape index (κ2) is 7.99. The van der Waals surface area contributed by atoms with Gasteiger partial charge in [0.15, 0.2) is 5.82 Å². The second-order valence-electron chi connectivity index (χ2n) is 7.37. The molecule has 3 aromatic rings. The van der Waals surface area contributed by atoms with Gasteiger partial charge in [0.1, 0.15) is 5.82 Å². The molecule has 0 N–H and O–H groups in total. The Balaban J connectivity index is 1.41. The van der Waals surface area contributed by atoms with E-state index in [2.05, 4.69) is 47.1 Å². The standard InChI is InChI=1S/C23H23FN4O/c1-16-6-7-18(14-17(16)2)21-8-9-22(26-25-21)27-10-12-28(13-11-27)23(29)19-4-3-5-20(24)15-19/h3-9,14-15H,10-13H2,1-2H3. The minimum atomic E-state index is -0.395. The van der Waals surface area contributed by atoms with Gasteiger partial charge in [-0.05, 0) is 61.4 Å². The van der Waals surface area contributed by atoms with Gasteiger partial charge in [0.25, 0.3) is 5.91 Å². The van der Waals surface area contributed by atoms with Crippen molar-refractivity contribution in [3.63, 3.8) is 0 Å². The number of hydrogen-bond donors (Lipinski definition) is 0. The summed E-state index contributed by atoms with van der Waals surface area (Å²) in [4.78, 5) is 16.4. The fourth-order valence-electron chi connectivity index (χ4n) is 3.49. The highest BCUT2D eigenvalue weighted by atomic mass is 19.1. The molecule has 1 aliphatic heterocycles. The first-order valence-electron chi connectivity index (χ1n) is 9.72. The normalized spacial score (nSPS) is 14.2. The van der Waals surface area contributed by atoms with E-state index in [-0.39, 0.29) is 5.91 Å². The molecule has 0 radical (unpaired) electrons. The summed E-state index contributed by atoms with van der Waals surface area (Å²) in [6.45, 7) is 6.64. The fraction of sp³-hybridized carbons (Fsp3) is 0.261. The number of halogens is 1. The van der Waals surface area contributed by atoms with Crippen molar-refractivity contribution in [3.8, 4) is 11.3 Å². The molecule has 2 aromatic carbocycles. The van der Waals surface area contributed by atoms with Crippen molar-refractivity contribution in [1.82, 2.24) is 15.1 Å². The minimum absolute atomic E-state index is 0.139. The molecule has 1 aromatic heterocycles. The summed E-state index contributed by atoms with van der Waals surface area (Å²) < 4.78 is 13.4. The number of piperazine rings is 1. The number of rotatable bonds is 3. The molecule has 0 atom stereocenters. The number of benzene rings is 2. The summed E-state index contributed by atoms with van der Waals surface area (Å²) in [6.07, 6.45) is 0. The first kappa shape index (κ1) is 19.1. The van der Waals surface area contributed by atoms with Crippen LogP contribution in [0.1, 0.15) is 21.5 Å². The summed E-state index contributed by atoms with van der Waals surface area (Å²) in [5, 5.41) is 8.79. The predicted octanol–water partition coefficient (Wildman–Crippen LogP) is 3.86. The number of nitrogens with zero attached hydrogens (tertiary/aromatic N) is 4. The zero-order valence-corrected chi connectivity index (χ0v) is 16.6. The summed E-state index contributed by atoms with van der Waals surface area (Å²) in [7, 11) is 0. The van der Waals surface area contributed by atoms with Gasteiger partial charge in [-0.1, -0.05) is 18.2 Å². The summed E-state index contributed by atoms with van der Waals surface area (Å²) in [5.74, 6) is 0.268. The van der Waals surface area contributed by atoms with Gasteiger partial charge in [-0.3, -0.25) is 4.79 Å². The quantitative estimate of drug-likeness (QED) is 0.681. The number of hydrogen-bond acceptors (Lipinski definition) is 4. The van der Waals surface area contributed by atoms with Crippen molar-refractivity contribution in [2.45, 2.75) is 13.8 Å². The zero-order valence-electron chi connectivity index (χ0n) is 16.6. The van der Waals surface area contributed by atoms with Crippen molar-refractivity contribution in [3.05, 3.63) is 77.1 Å². The molecular formula is C23H23FN4O. The largest absolute Gasteiger partial charge is 0.352 e. The van der Waals surface area contributed by atoms with Crippen LogP contribution in [0.3, 0.4) is 0 Å². The lowest BCUT2D eigenvalue weighted by Crippen LogP contribution is -2.49. The number of aryl methyl sites for hydroxylation is 2. The molecule has 0 saturated carbocycles. The molecule has 0 unspecified atom stereocenters. The Morgan fingerprint density at radius 1 is 0.897 bits per heavy atom. The molecule has 1 saturated heterocycles. The number of carbonyl (C=O) groups excluding carboxylic acids is 1. The Morgan fingerprint density at radius 3 is 2.34 bits per heavy atom. The van der Waals surface area contributed by atoms with Gasteiger partial charge in [-0.25, -0.2) is 4.39 Å². The monoisotopic (exact) mass is 390 g/mol. The topological polar surface area (TPSA) is 49.3 Å². The zero-order chi connectivity index (χ0) is 20.4. The van der Waals surface area contributed by atoms with Gasteiger partial charge in [0, 0.05) is 37.3 Å². The van der Waals surface area contributed by atoms with Crippen LogP contribution in [0, 0.1) is 19.7 Å². The Bertz CT molecular complexity index is 1030. The summed E-state index contributed by atoms with van der Waals surface area (Å²) in [5.41, 5.74) is 4.77. The maximum Gasteiger partial charge on any atom is 0.254 e. The van der Waals surface area contributed by atoms with E-state index in [4.69, 9.17) is 0 Å². The lowest BCUT2D eigenvalue weighted by atomic mass is 10.0. The molecule has 2 heterocycles. The highest BCUT2D eigenvalue weighted by Crippen LogP contribution is 2.22. The van der Waals surface area contributed by atoms with E-state index >= 15 is 0 Å². The molecular weight excluding hydrogens is 367 g/mol. The molecule has 6 heteroatoms. The van der Waals surface area contributed by atoms with E-state index in [0.717, 1.165) is 17.1 Å². The van der Waals surface area contributed by atoms with Gasteiger partial charge in [-0.2, -0.15) is 0 Å². The minimum Gasteiger partial charge on any atom is -0.352 e. The van der Waals surface area contributed by atoms with Crippen LogP contribution < -0.4 is 4.90 Å². The van der Waals surface area contributed by atoms with Crippen LogP contribution in [0.5, 0.6) is 0 Å². The fourth-order valence-corrected chi connectivity index (χ4v) is 3.49. The van der Waals surface area contributed by atoms with Crippen molar-refractivity contribution in [2.24, 2.45) is 0 Å². The number of anilines is 1. The highest BCUT2D eigenvalue weighted by Gasteiger charge is 2.23. The first-order chi connectivity index (χ1) is 14.0. The van der Waals surface area contributed by atoms with Crippen LogP contribution in [0.4, 0.5) is 10.2 Å². The maximum absolute atomic E-state index is 13.4. The van der Waals surface area contributed by atoms with E-state index in [1.807, 2.05) is 12.1 Å². The molecule has 4 rings (SSSR count). The predicted molar refractivity (Wildman–Crippen MR) is 111 cm³/mol. The van der Waals surface area contributed by atoms with Crippen molar-refractivity contribution in [2.75, 3.05) is 31.1 Å². The Labute approximate surface area is 169 Å². The average molecular weight is 390 g/mol. The van der Waals surface area contributed by atoms with Crippen LogP contribution >= 0.6 is 0 Å². The molecule has 29 heavy (non-hydrogen) atoms. The number of carbonyl (C=O) groups is 1. The average Bonchev–Trinajstić information content (AvgIpc) is 2.75. The van der Waals surface area contributed by atoms with E-state index in [1.165, 1.54) is 23.3 Å². The molecule has 148 valence electrons. The van der Waals surface area contributed by atoms with Crippen molar-refractivity contribution >= 4 is 11.7 Å². The van der Waals surface area contributed by atoms with Crippen LogP contribution in [0.2, 0.25) is 0 Å². The molecule has 1 fully saturated rings. The molecule has 0 aliphatic carbocycles. The third-order valence-electron chi connectivity index (χ3n) is 5.42. The third-order valence-corrected chi connectivity index (χ3v) is 5.42. The molecule has 1 aliphatic rings. The van der Waals surface area contributed by atoms with Crippen molar-refractivity contribution < 1.29 is 9.18 Å². The van der Waals surface area contributed by atoms with E-state index in [9.17, 15) is 9.18 Å². The Hall–Kier alpha value is -3.28.